The van der Waals surface area contributed by atoms with E-state index in [9.17, 15) is 18.0 Å². The Bertz CT molecular complexity index is 498. The van der Waals surface area contributed by atoms with E-state index >= 15 is 0 Å². The fraction of sp³-hybridized carbons (Fsp3) is 0.364. The fourth-order valence-corrected chi connectivity index (χ4v) is 1.64. The van der Waals surface area contributed by atoms with Gasteiger partial charge >= 0.3 is 6.18 Å². The summed E-state index contributed by atoms with van der Waals surface area (Å²) >= 11 is 5.52. The normalized spacial score (nSPS) is 17.4. The van der Waals surface area contributed by atoms with E-state index in [1.165, 1.54) is 6.07 Å². The Morgan fingerprint density at radius 3 is 2.50 bits per heavy atom. The highest BCUT2D eigenvalue weighted by Gasteiger charge is 2.46. The van der Waals surface area contributed by atoms with Crippen molar-refractivity contribution in [2.24, 2.45) is 5.73 Å². The third-order valence-corrected chi connectivity index (χ3v) is 3.01. The summed E-state index contributed by atoms with van der Waals surface area (Å²) < 4.78 is 38.2. The molecule has 0 spiro atoms. The SMILES string of the molecule is NC1(C(=O)Nc2ccc(Cl)cc2C(F)(F)F)CC1. The van der Waals surface area contributed by atoms with E-state index in [1.54, 1.807) is 0 Å². The van der Waals surface area contributed by atoms with Crippen LogP contribution < -0.4 is 11.1 Å². The van der Waals surface area contributed by atoms with Crippen molar-refractivity contribution in [1.82, 2.24) is 0 Å². The molecule has 1 aliphatic carbocycles. The summed E-state index contributed by atoms with van der Waals surface area (Å²) in [7, 11) is 0. The lowest BCUT2D eigenvalue weighted by Crippen LogP contribution is -2.38. The third-order valence-electron chi connectivity index (χ3n) is 2.78. The average molecular weight is 279 g/mol. The fourth-order valence-electron chi connectivity index (χ4n) is 1.47. The number of nitrogens with one attached hydrogen (secondary N) is 1. The Labute approximate surface area is 106 Å². The summed E-state index contributed by atoms with van der Waals surface area (Å²) in [6.45, 7) is 0. The summed E-state index contributed by atoms with van der Waals surface area (Å²) in [5.74, 6) is -0.602. The molecule has 0 heterocycles. The number of hydrogen-bond donors (Lipinski definition) is 2. The van der Waals surface area contributed by atoms with Crippen molar-refractivity contribution in [2.45, 2.75) is 24.6 Å². The Kier molecular flexibility index (Phi) is 3.03. The van der Waals surface area contributed by atoms with Gasteiger partial charge in [-0.15, -0.1) is 0 Å². The second kappa shape index (κ2) is 4.13. The van der Waals surface area contributed by atoms with Crippen molar-refractivity contribution in [3.8, 4) is 0 Å². The molecule has 0 saturated heterocycles. The van der Waals surface area contributed by atoms with E-state index in [-0.39, 0.29) is 10.7 Å². The largest absolute Gasteiger partial charge is 0.418 e. The van der Waals surface area contributed by atoms with Gasteiger partial charge in [0.1, 0.15) is 0 Å². The first-order valence-electron chi connectivity index (χ1n) is 5.19. The highest BCUT2D eigenvalue weighted by atomic mass is 35.5. The van der Waals surface area contributed by atoms with E-state index in [2.05, 4.69) is 5.32 Å². The van der Waals surface area contributed by atoms with E-state index in [0.29, 0.717) is 12.8 Å². The van der Waals surface area contributed by atoms with Crippen LogP contribution in [0, 0.1) is 0 Å². The molecular formula is C11H10ClF3N2O. The van der Waals surface area contributed by atoms with Crippen LogP contribution in [0.2, 0.25) is 5.02 Å². The number of carbonyl (C=O) groups is 1. The van der Waals surface area contributed by atoms with Crippen LogP contribution in [-0.4, -0.2) is 11.4 Å². The summed E-state index contributed by atoms with van der Waals surface area (Å²) in [5, 5.41) is 2.16. The third kappa shape index (κ3) is 2.59. The standard InChI is InChI=1S/C11H10ClF3N2O/c12-6-1-2-8(7(5-6)11(13,14)15)17-9(18)10(16)3-4-10/h1-2,5H,3-4,16H2,(H,17,18). The van der Waals surface area contributed by atoms with Crippen molar-refractivity contribution >= 4 is 23.2 Å². The summed E-state index contributed by atoms with van der Waals surface area (Å²) in [6.07, 6.45) is -3.62. The number of benzene rings is 1. The minimum absolute atomic E-state index is 0.0470. The zero-order chi connectivity index (χ0) is 13.6. The Morgan fingerprint density at radius 2 is 2.00 bits per heavy atom. The maximum absolute atomic E-state index is 12.7. The predicted molar refractivity (Wildman–Crippen MR) is 61.2 cm³/mol. The first kappa shape index (κ1) is 13.2. The molecule has 1 aromatic carbocycles. The lowest BCUT2D eigenvalue weighted by atomic mass is 10.1. The van der Waals surface area contributed by atoms with Gasteiger partial charge in [0.05, 0.1) is 16.8 Å². The molecule has 0 aromatic heterocycles. The molecule has 0 radical (unpaired) electrons. The molecule has 98 valence electrons. The second-order valence-electron chi connectivity index (χ2n) is 4.30. The number of rotatable bonds is 2. The van der Waals surface area contributed by atoms with Crippen LogP contribution in [0.5, 0.6) is 0 Å². The first-order valence-corrected chi connectivity index (χ1v) is 5.57. The molecule has 0 atom stereocenters. The predicted octanol–water partition coefficient (Wildman–Crippen LogP) is 2.79. The van der Waals surface area contributed by atoms with Gasteiger partial charge in [-0.2, -0.15) is 13.2 Å². The quantitative estimate of drug-likeness (QED) is 0.874. The molecular weight excluding hydrogens is 269 g/mol. The molecule has 0 bridgehead atoms. The minimum atomic E-state index is -4.58. The molecule has 1 fully saturated rings. The smallest absolute Gasteiger partial charge is 0.324 e. The van der Waals surface area contributed by atoms with Crippen LogP contribution in [0.25, 0.3) is 0 Å². The number of hydrogen-bond acceptors (Lipinski definition) is 2. The maximum Gasteiger partial charge on any atom is 0.418 e. The van der Waals surface area contributed by atoms with Gasteiger partial charge in [-0.05, 0) is 31.0 Å². The van der Waals surface area contributed by atoms with Gasteiger partial charge in [0.15, 0.2) is 0 Å². The average Bonchev–Trinajstić information content (AvgIpc) is 2.99. The highest BCUT2D eigenvalue weighted by Crippen LogP contribution is 2.38. The van der Waals surface area contributed by atoms with Gasteiger partial charge in [0.2, 0.25) is 5.91 Å². The van der Waals surface area contributed by atoms with Gasteiger partial charge in [0, 0.05) is 5.02 Å². The van der Waals surface area contributed by atoms with Crippen LogP contribution in [-0.2, 0) is 11.0 Å². The highest BCUT2D eigenvalue weighted by molar-refractivity contribution is 6.30. The zero-order valence-corrected chi connectivity index (χ0v) is 9.90. The number of nitrogens with two attached hydrogens (primary N) is 1. The van der Waals surface area contributed by atoms with Gasteiger partial charge in [-0.1, -0.05) is 11.6 Å². The Balaban J connectivity index is 2.30. The molecule has 1 saturated carbocycles. The van der Waals surface area contributed by atoms with Crippen LogP contribution in [0.1, 0.15) is 18.4 Å². The molecule has 0 unspecified atom stereocenters. The Hall–Kier alpha value is -1.27. The monoisotopic (exact) mass is 278 g/mol. The lowest BCUT2D eigenvalue weighted by molar-refractivity contribution is -0.137. The minimum Gasteiger partial charge on any atom is -0.324 e. The number of alkyl halides is 3. The molecule has 18 heavy (non-hydrogen) atoms. The zero-order valence-electron chi connectivity index (χ0n) is 9.14. The van der Waals surface area contributed by atoms with Gasteiger partial charge in [-0.25, -0.2) is 0 Å². The van der Waals surface area contributed by atoms with Crippen molar-refractivity contribution in [1.29, 1.82) is 0 Å². The molecule has 1 aromatic rings. The Morgan fingerprint density at radius 1 is 1.39 bits per heavy atom. The van der Waals surface area contributed by atoms with Gasteiger partial charge in [0.25, 0.3) is 0 Å². The van der Waals surface area contributed by atoms with E-state index in [0.717, 1.165) is 12.1 Å². The number of amides is 1. The van der Waals surface area contributed by atoms with Crippen LogP contribution >= 0.6 is 11.6 Å². The van der Waals surface area contributed by atoms with Crippen LogP contribution in [0.3, 0.4) is 0 Å². The number of anilines is 1. The number of carbonyl (C=O) groups excluding carboxylic acids is 1. The topological polar surface area (TPSA) is 55.1 Å². The molecule has 0 aliphatic heterocycles. The van der Waals surface area contributed by atoms with Crippen LogP contribution in [0.15, 0.2) is 18.2 Å². The van der Waals surface area contributed by atoms with Crippen molar-refractivity contribution < 1.29 is 18.0 Å². The van der Waals surface area contributed by atoms with Crippen molar-refractivity contribution in [3.05, 3.63) is 28.8 Å². The summed E-state index contributed by atoms with van der Waals surface area (Å²) in [4.78, 5) is 11.6. The molecule has 1 amide bonds. The number of halogens is 4. The molecule has 7 heteroatoms. The van der Waals surface area contributed by atoms with E-state index < -0.39 is 23.2 Å². The molecule has 2 rings (SSSR count). The van der Waals surface area contributed by atoms with E-state index in [4.69, 9.17) is 17.3 Å². The molecule has 1 aliphatic rings. The molecule has 3 nitrogen and oxygen atoms in total. The second-order valence-corrected chi connectivity index (χ2v) is 4.73. The summed E-state index contributed by atoms with van der Waals surface area (Å²) in [5.41, 5.74) is 3.28. The first-order chi connectivity index (χ1) is 8.22. The maximum atomic E-state index is 12.7. The van der Waals surface area contributed by atoms with Gasteiger partial charge < -0.3 is 11.1 Å². The lowest BCUT2D eigenvalue weighted by Gasteiger charge is -2.16. The van der Waals surface area contributed by atoms with Crippen molar-refractivity contribution in [3.63, 3.8) is 0 Å². The molecule has 3 N–H and O–H groups in total. The summed E-state index contributed by atoms with van der Waals surface area (Å²) in [6, 6.07) is 3.17. The van der Waals surface area contributed by atoms with E-state index in [1.807, 2.05) is 0 Å². The van der Waals surface area contributed by atoms with Crippen molar-refractivity contribution in [2.75, 3.05) is 5.32 Å². The van der Waals surface area contributed by atoms with Gasteiger partial charge in [-0.3, -0.25) is 4.79 Å². The van der Waals surface area contributed by atoms with Crippen LogP contribution in [0.4, 0.5) is 18.9 Å².